The van der Waals surface area contributed by atoms with E-state index in [0.717, 1.165) is 0 Å². The number of alkyl halides is 1. The van der Waals surface area contributed by atoms with Crippen LogP contribution in [0.2, 0.25) is 18.1 Å². The van der Waals surface area contributed by atoms with Gasteiger partial charge in [-0.1, -0.05) is 25.2 Å². The summed E-state index contributed by atoms with van der Waals surface area (Å²) in [6, 6.07) is 0. The summed E-state index contributed by atoms with van der Waals surface area (Å²) in [5, 5.41) is 0.155. The van der Waals surface area contributed by atoms with E-state index in [9.17, 15) is 4.55 Å². The lowest BCUT2D eigenvalue weighted by Crippen LogP contribution is -2.44. The van der Waals surface area contributed by atoms with Crippen LogP contribution in [0.4, 0.5) is 0 Å². The van der Waals surface area contributed by atoms with Crippen LogP contribution in [0, 0.1) is 0 Å². The quantitative estimate of drug-likeness (QED) is 0.308. The zero-order valence-corrected chi connectivity index (χ0v) is 16.7. The first-order valence-corrected chi connectivity index (χ1v) is 11.5. The van der Waals surface area contributed by atoms with Gasteiger partial charge < -0.3 is 8.98 Å². The van der Waals surface area contributed by atoms with Crippen molar-refractivity contribution in [1.29, 1.82) is 0 Å². The van der Waals surface area contributed by atoms with E-state index < -0.39 is 19.7 Å². The summed E-state index contributed by atoms with van der Waals surface area (Å²) in [6.07, 6.45) is 2.25. The maximum Gasteiger partial charge on any atom is 0.192 e. The molecular formula is C14H30ClNO2SSi. The molecule has 2 atom stereocenters. The fraction of sp³-hybridized carbons (Fsp3) is 0.929. The van der Waals surface area contributed by atoms with E-state index in [0.29, 0.717) is 12.3 Å². The molecule has 0 aromatic carbocycles. The highest BCUT2D eigenvalue weighted by Gasteiger charge is 2.38. The smallest absolute Gasteiger partial charge is 0.192 e. The van der Waals surface area contributed by atoms with Gasteiger partial charge in [0.1, 0.15) is 16.1 Å². The van der Waals surface area contributed by atoms with Crippen LogP contribution in [0.1, 0.15) is 48.0 Å². The normalized spacial score (nSPS) is 17.5. The van der Waals surface area contributed by atoms with Gasteiger partial charge in [-0.3, -0.25) is 0 Å². The average molecular weight is 340 g/mol. The Hall–Kier alpha value is 0.447. The zero-order chi connectivity index (χ0) is 16.2. The van der Waals surface area contributed by atoms with Crippen molar-refractivity contribution in [1.82, 2.24) is 0 Å². The molecular weight excluding hydrogens is 310 g/mol. The van der Waals surface area contributed by atoms with Gasteiger partial charge in [0.25, 0.3) is 0 Å². The van der Waals surface area contributed by atoms with Crippen molar-refractivity contribution >= 4 is 37.5 Å². The molecule has 0 saturated carbocycles. The molecule has 20 heavy (non-hydrogen) atoms. The number of hydrogen-bond acceptors (Lipinski definition) is 3. The Labute approximate surface area is 134 Å². The predicted octanol–water partition coefficient (Wildman–Crippen LogP) is 4.54. The van der Waals surface area contributed by atoms with E-state index in [1.54, 1.807) is 6.21 Å². The Morgan fingerprint density at radius 3 is 2.10 bits per heavy atom. The van der Waals surface area contributed by atoms with Crippen molar-refractivity contribution in [2.45, 2.75) is 76.9 Å². The molecule has 0 bridgehead atoms. The largest absolute Gasteiger partial charge is 0.591 e. The second-order valence-corrected chi connectivity index (χ2v) is 14.5. The highest BCUT2D eigenvalue weighted by molar-refractivity contribution is 7.91. The summed E-state index contributed by atoms with van der Waals surface area (Å²) in [6.45, 7) is 16.7. The molecule has 0 fully saturated rings. The topological polar surface area (TPSA) is 44.7 Å². The Kier molecular flexibility index (Phi) is 7.80. The molecule has 0 aromatic heterocycles. The Morgan fingerprint density at radius 2 is 1.75 bits per heavy atom. The van der Waals surface area contributed by atoms with Crippen LogP contribution in [0.25, 0.3) is 0 Å². The van der Waals surface area contributed by atoms with Crippen molar-refractivity contribution in [2.24, 2.45) is 4.40 Å². The first kappa shape index (κ1) is 20.4. The predicted molar refractivity (Wildman–Crippen MR) is 93.8 cm³/mol. The molecule has 6 heteroatoms. The van der Waals surface area contributed by atoms with E-state index in [4.69, 9.17) is 16.0 Å². The molecule has 0 spiro atoms. The average Bonchev–Trinajstić information content (AvgIpc) is 2.24. The van der Waals surface area contributed by atoms with Gasteiger partial charge in [0.15, 0.2) is 8.32 Å². The molecule has 0 aliphatic heterocycles. The van der Waals surface area contributed by atoms with Crippen molar-refractivity contribution in [3.05, 3.63) is 0 Å². The SMILES string of the molecule is CC(C)(C)[S@+]([O-])/N=C/C[C@H](CCl)O[Si](C)(C)C(C)(C)C. The second kappa shape index (κ2) is 7.63. The van der Waals surface area contributed by atoms with Gasteiger partial charge in [0, 0.05) is 12.3 Å². The van der Waals surface area contributed by atoms with Crippen molar-refractivity contribution in [3.8, 4) is 0 Å². The van der Waals surface area contributed by atoms with Gasteiger partial charge in [-0.2, -0.15) is 0 Å². The van der Waals surface area contributed by atoms with Crippen molar-refractivity contribution < 1.29 is 8.98 Å². The summed E-state index contributed by atoms with van der Waals surface area (Å²) >= 11 is 4.77. The fourth-order valence-corrected chi connectivity index (χ4v) is 3.32. The third kappa shape index (κ3) is 6.94. The minimum atomic E-state index is -1.82. The van der Waals surface area contributed by atoms with E-state index in [1.807, 2.05) is 20.8 Å². The van der Waals surface area contributed by atoms with E-state index in [1.165, 1.54) is 0 Å². The highest BCUT2D eigenvalue weighted by Crippen LogP contribution is 2.37. The second-order valence-electron chi connectivity index (χ2n) is 7.54. The number of nitrogens with zero attached hydrogens (tertiary/aromatic N) is 1. The van der Waals surface area contributed by atoms with Crippen LogP contribution in [0.3, 0.4) is 0 Å². The van der Waals surface area contributed by atoms with Gasteiger partial charge in [0.2, 0.25) is 0 Å². The molecule has 0 unspecified atom stereocenters. The van der Waals surface area contributed by atoms with Crippen LogP contribution in [0.5, 0.6) is 0 Å². The molecule has 0 N–H and O–H groups in total. The van der Waals surface area contributed by atoms with Gasteiger partial charge >= 0.3 is 0 Å². The first-order valence-electron chi connectivity index (χ1n) is 6.99. The van der Waals surface area contributed by atoms with E-state index in [2.05, 4.69) is 38.3 Å². The molecule has 0 amide bonds. The van der Waals surface area contributed by atoms with E-state index >= 15 is 0 Å². The summed E-state index contributed by atoms with van der Waals surface area (Å²) < 4.78 is 21.8. The van der Waals surface area contributed by atoms with Gasteiger partial charge in [-0.15, -0.1) is 11.6 Å². The van der Waals surface area contributed by atoms with Crippen LogP contribution in [0.15, 0.2) is 4.40 Å². The molecule has 0 aromatic rings. The molecule has 0 radical (unpaired) electrons. The fourth-order valence-electron chi connectivity index (χ4n) is 1.12. The van der Waals surface area contributed by atoms with Gasteiger partial charge in [-0.25, -0.2) is 0 Å². The minimum absolute atomic E-state index is 0.0572. The minimum Gasteiger partial charge on any atom is -0.591 e. The van der Waals surface area contributed by atoms with Crippen LogP contribution >= 0.6 is 11.6 Å². The van der Waals surface area contributed by atoms with E-state index in [-0.39, 0.29) is 15.9 Å². The highest BCUT2D eigenvalue weighted by atomic mass is 35.5. The maximum absolute atomic E-state index is 11.8. The van der Waals surface area contributed by atoms with Crippen molar-refractivity contribution in [2.75, 3.05) is 5.88 Å². The Bertz CT molecular complexity index is 324. The molecule has 0 aliphatic carbocycles. The molecule has 120 valence electrons. The lowest BCUT2D eigenvalue weighted by molar-refractivity contribution is 0.210. The van der Waals surface area contributed by atoms with Crippen LogP contribution < -0.4 is 0 Å². The summed E-state index contributed by atoms with van der Waals surface area (Å²) in [5.74, 6) is 0.431. The van der Waals surface area contributed by atoms with Gasteiger partial charge in [0.05, 0.1) is 12.3 Å². The molecule has 0 aliphatic rings. The number of rotatable bonds is 6. The monoisotopic (exact) mass is 339 g/mol. The Morgan fingerprint density at radius 1 is 1.25 bits per heavy atom. The zero-order valence-electron chi connectivity index (χ0n) is 14.1. The molecule has 3 nitrogen and oxygen atoms in total. The lowest BCUT2D eigenvalue weighted by atomic mass is 10.2. The standard InChI is InChI=1S/C14H30ClNO2SSi/c1-13(2,3)19(17)16-10-9-12(11-15)18-20(7,8)14(4,5)6/h10,12H,9,11H2,1-8H3/b16-10+/t12-,19+/m1/s1. The summed E-state index contributed by atoms with van der Waals surface area (Å²) in [4.78, 5) is 0. The number of hydrogen-bond donors (Lipinski definition) is 0. The number of halogens is 1. The van der Waals surface area contributed by atoms with Gasteiger partial charge in [-0.05, 0) is 38.9 Å². The summed E-state index contributed by atoms with van der Waals surface area (Å²) in [7, 11) is -1.82. The maximum atomic E-state index is 11.8. The van der Waals surface area contributed by atoms with Crippen LogP contribution in [-0.4, -0.2) is 35.8 Å². The van der Waals surface area contributed by atoms with Crippen LogP contribution in [-0.2, 0) is 15.8 Å². The van der Waals surface area contributed by atoms with Crippen molar-refractivity contribution in [3.63, 3.8) is 0 Å². The Balaban J connectivity index is 4.56. The molecule has 0 rings (SSSR count). The first-order chi connectivity index (χ1) is 8.81. The third-order valence-corrected chi connectivity index (χ3v) is 9.77. The third-order valence-electron chi connectivity index (χ3n) is 3.50. The summed E-state index contributed by atoms with van der Waals surface area (Å²) in [5.41, 5.74) is 0. The molecule has 0 saturated heterocycles. The lowest BCUT2D eigenvalue weighted by Gasteiger charge is -2.38. The molecule has 0 heterocycles.